The molecule has 2 rings (SSSR count). The van der Waals surface area contributed by atoms with Crippen molar-refractivity contribution in [2.24, 2.45) is 0 Å². The predicted molar refractivity (Wildman–Crippen MR) is 55.5 cm³/mol. The van der Waals surface area contributed by atoms with Crippen molar-refractivity contribution < 1.29 is 22.7 Å². The van der Waals surface area contributed by atoms with Gasteiger partial charge in [0.05, 0.1) is 5.27 Å². The third-order valence-corrected chi connectivity index (χ3v) is 3.37. The van der Waals surface area contributed by atoms with Gasteiger partial charge in [-0.1, -0.05) is 11.6 Å². The van der Waals surface area contributed by atoms with Gasteiger partial charge in [-0.3, -0.25) is 0 Å². The maximum Gasteiger partial charge on any atom is 0.368 e. The lowest BCUT2D eigenvalue weighted by atomic mass is 10.3. The molecule has 1 aromatic heterocycles. The van der Waals surface area contributed by atoms with Crippen molar-refractivity contribution in [2.75, 3.05) is 0 Å². The van der Waals surface area contributed by atoms with Gasteiger partial charge in [0.2, 0.25) is 5.69 Å². The molecular weight excluding hydrogens is 291 g/mol. The molecule has 9 heteroatoms. The molecule has 90 valence electrons. The lowest BCUT2D eigenvalue weighted by Crippen LogP contribution is -2.37. The Hall–Kier alpha value is -1.31. The van der Waals surface area contributed by atoms with Gasteiger partial charge in [-0.2, -0.15) is 0 Å². The zero-order valence-electron chi connectivity index (χ0n) is 8.00. The van der Waals surface area contributed by atoms with Gasteiger partial charge in [0.25, 0.3) is 0 Å². The zero-order chi connectivity index (χ0) is 12.6. The first-order valence-corrected chi connectivity index (χ1v) is 6.88. The summed E-state index contributed by atoms with van der Waals surface area (Å²) in [5.74, 6) is -1.13. The highest BCUT2D eigenvalue weighted by Gasteiger charge is 2.31. The van der Waals surface area contributed by atoms with Gasteiger partial charge in [0.15, 0.2) is 5.95 Å². The molecule has 0 bridgehead atoms. The minimum Gasteiger partial charge on any atom is -0.538 e. The van der Waals surface area contributed by atoms with Crippen LogP contribution in [0.25, 0.3) is 5.69 Å². The summed E-state index contributed by atoms with van der Waals surface area (Å²) in [4.78, 5) is 0. The average molecular weight is 295 g/mol. The summed E-state index contributed by atoms with van der Waals surface area (Å²) in [6.07, 6.45) is 0. The van der Waals surface area contributed by atoms with Crippen molar-refractivity contribution in [2.45, 2.75) is 5.03 Å². The Bertz CT molecular complexity index is 651. The lowest BCUT2D eigenvalue weighted by molar-refractivity contribution is -0.705. The van der Waals surface area contributed by atoms with E-state index in [1.807, 2.05) is 0 Å². The molecule has 0 saturated heterocycles. The Morgan fingerprint density at radius 2 is 1.88 bits per heavy atom. The van der Waals surface area contributed by atoms with E-state index in [4.69, 9.17) is 22.3 Å². The van der Waals surface area contributed by atoms with Crippen molar-refractivity contribution >= 4 is 31.3 Å². The molecule has 0 spiro atoms. The Labute approximate surface area is 105 Å². The second-order valence-electron chi connectivity index (χ2n) is 2.99. The van der Waals surface area contributed by atoms with Crippen molar-refractivity contribution in [3.8, 4) is 11.6 Å². The first kappa shape index (κ1) is 12.2. The van der Waals surface area contributed by atoms with Gasteiger partial charge >= 0.3 is 14.1 Å². The number of hydrogen-bond acceptors (Lipinski definition) is 5. The van der Waals surface area contributed by atoms with Gasteiger partial charge in [0, 0.05) is 27.8 Å². The molecule has 0 amide bonds. The van der Waals surface area contributed by atoms with Crippen molar-refractivity contribution in [1.29, 1.82) is 0 Å². The second kappa shape index (κ2) is 4.17. The fourth-order valence-electron chi connectivity index (χ4n) is 1.19. The lowest BCUT2D eigenvalue weighted by Gasteiger charge is -1.93. The normalized spacial score (nSPS) is 11.6. The van der Waals surface area contributed by atoms with Crippen molar-refractivity contribution in [1.82, 2.24) is 5.27 Å². The van der Waals surface area contributed by atoms with Crippen LogP contribution in [0.1, 0.15) is 0 Å². The predicted octanol–water partition coefficient (Wildman–Crippen LogP) is 0.606. The summed E-state index contributed by atoms with van der Waals surface area (Å²) >= 11 is 5.67. The van der Waals surface area contributed by atoms with Gasteiger partial charge < -0.3 is 9.63 Å². The van der Waals surface area contributed by atoms with Crippen LogP contribution >= 0.6 is 22.3 Å². The summed E-state index contributed by atoms with van der Waals surface area (Å²) in [6.45, 7) is 0. The highest BCUT2D eigenvalue weighted by molar-refractivity contribution is 8.13. The number of benzene rings is 1. The van der Waals surface area contributed by atoms with Crippen LogP contribution in [0.2, 0.25) is 5.02 Å². The molecular formula is C8H4Cl2N2O4S. The Balaban J connectivity index is 2.65. The van der Waals surface area contributed by atoms with Gasteiger partial charge in [-0.05, 0) is 16.8 Å². The molecule has 1 aromatic carbocycles. The van der Waals surface area contributed by atoms with E-state index in [0.29, 0.717) is 10.7 Å². The summed E-state index contributed by atoms with van der Waals surface area (Å²) < 4.78 is 27.4. The highest BCUT2D eigenvalue weighted by atomic mass is 35.7. The Kier molecular flexibility index (Phi) is 2.98. The van der Waals surface area contributed by atoms with Crippen LogP contribution in [0.5, 0.6) is 5.95 Å². The van der Waals surface area contributed by atoms with E-state index < -0.39 is 20.0 Å². The SMILES string of the molecule is O=S(=O)(Cl)c1c([O-])on[n+]1-c1ccc(Cl)cc1. The Morgan fingerprint density at radius 3 is 2.41 bits per heavy atom. The monoisotopic (exact) mass is 294 g/mol. The molecule has 0 aliphatic heterocycles. The zero-order valence-corrected chi connectivity index (χ0v) is 10.3. The number of rotatable bonds is 2. The minimum atomic E-state index is -4.25. The highest BCUT2D eigenvalue weighted by Crippen LogP contribution is 2.20. The molecule has 0 N–H and O–H groups in total. The van der Waals surface area contributed by atoms with E-state index in [-0.39, 0.29) is 0 Å². The fourth-order valence-corrected chi connectivity index (χ4v) is 2.28. The van der Waals surface area contributed by atoms with E-state index in [1.54, 1.807) is 0 Å². The minimum absolute atomic E-state index is 0.291. The number of aromatic nitrogens is 2. The molecule has 0 atom stereocenters. The number of halogens is 2. The van der Waals surface area contributed by atoms with E-state index in [0.717, 1.165) is 4.68 Å². The third-order valence-electron chi connectivity index (χ3n) is 1.87. The molecule has 6 nitrogen and oxygen atoms in total. The first-order chi connectivity index (χ1) is 7.89. The number of nitrogens with zero attached hydrogens (tertiary/aromatic N) is 2. The maximum atomic E-state index is 11.2. The first-order valence-electron chi connectivity index (χ1n) is 4.19. The second-order valence-corrected chi connectivity index (χ2v) is 5.91. The average Bonchev–Trinajstić information content (AvgIpc) is 2.61. The van der Waals surface area contributed by atoms with E-state index in [1.165, 1.54) is 24.3 Å². The van der Waals surface area contributed by atoms with Gasteiger partial charge in [0.1, 0.15) is 0 Å². The summed E-state index contributed by atoms with van der Waals surface area (Å²) in [7, 11) is 0.871. The van der Waals surface area contributed by atoms with Crippen LogP contribution in [0.3, 0.4) is 0 Å². The van der Waals surface area contributed by atoms with Crippen LogP contribution in [0.15, 0.2) is 33.8 Å². The van der Waals surface area contributed by atoms with Crippen LogP contribution < -0.4 is 9.79 Å². The van der Waals surface area contributed by atoms with E-state index in [9.17, 15) is 13.5 Å². The smallest absolute Gasteiger partial charge is 0.368 e. The summed E-state index contributed by atoms with van der Waals surface area (Å²) in [5, 5.41) is 14.2. The van der Waals surface area contributed by atoms with Crippen LogP contribution in [-0.4, -0.2) is 13.7 Å². The maximum absolute atomic E-state index is 11.2. The Morgan fingerprint density at radius 1 is 1.29 bits per heavy atom. The van der Waals surface area contributed by atoms with E-state index >= 15 is 0 Å². The van der Waals surface area contributed by atoms with Crippen LogP contribution in [0, 0.1) is 0 Å². The summed E-state index contributed by atoms with van der Waals surface area (Å²) in [6, 6.07) is 5.95. The fraction of sp³-hybridized carbons (Fsp3) is 0. The molecule has 0 radical (unpaired) electrons. The largest absolute Gasteiger partial charge is 0.538 e. The van der Waals surface area contributed by atoms with Gasteiger partial charge in [-0.25, -0.2) is 8.42 Å². The van der Waals surface area contributed by atoms with Crippen molar-refractivity contribution in [3.05, 3.63) is 29.3 Å². The molecule has 2 aromatic rings. The van der Waals surface area contributed by atoms with Crippen LogP contribution in [0.4, 0.5) is 0 Å². The quantitative estimate of drug-likeness (QED) is 0.598. The molecule has 0 fully saturated rings. The van der Waals surface area contributed by atoms with E-state index in [2.05, 4.69) is 9.79 Å². The van der Waals surface area contributed by atoms with Crippen molar-refractivity contribution in [3.63, 3.8) is 0 Å². The topological polar surface area (TPSA) is 87.1 Å². The molecule has 17 heavy (non-hydrogen) atoms. The molecule has 0 aliphatic carbocycles. The molecule has 0 aliphatic rings. The molecule has 1 heterocycles. The van der Waals surface area contributed by atoms with Crippen LogP contribution in [-0.2, 0) is 9.05 Å². The third kappa shape index (κ3) is 2.36. The number of hydrogen-bond donors (Lipinski definition) is 0. The molecule has 0 unspecified atom stereocenters. The van der Waals surface area contributed by atoms with Gasteiger partial charge in [-0.15, -0.1) is 0 Å². The standard InChI is InChI=1S/C8H4Cl2N2O4S/c9-5-1-3-6(4-2-5)12-7(17(10,14)15)8(13)16-11-12/h1-4H. The molecule has 0 saturated carbocycles. The summed E-state index contributed by atoms with van der Waals surface area (Å²) in [5.41, 5.74) is 0.291.